The maximum Gasteiger partial charge on any atom is 0.224 e. The van der Waals surface area contributed by atoms with Gasteiger partial charge in [-0.1, -0.05) is 18.3 Å². The summed E-state index contributed by atoms with van der Waals surface area (Å²) in [4.78, 5) is 14.9. The van der Waals surface area contributed by atoms with Crippen LogP contribution in [0.4, 0.5) is 0 Å². The molecule has 4 nitrogen and oxygen atoms in total. The first-order valence-corrected chi connectivity index (χ1v) is 7.01. The molecule has 1 amide bonds. The first kappa shape index (κ1) is 15.1. The van der Waals surface area contributed by atoms with Crippen LogP contribution in [0.1, 0.15) is 17.7 Å². The summed E-state index contributed by atoms with van der Waals surface area (Å²) in [6, 6.07) is 4.00. The van der Waals surface area contributed by atoms with E-state index in [2.05, 4.69) is 0 Å². The van der Waals surface area contributed by atoms with E-state index in [0.29, 0.717) is 37.6 Å². The van der Waals surface area contributed by atoms with Gasteiger partial charge < -0.3 is 15.4 Å². The van der Waals surface area contributed by atoms with Crippen molar-refractivity contribution in [2.45, 2.75) is 19.4 Å². The Morgan fingerprint density at radius 1 is 1.56 bits per heavy atom. The fourth-order valence-corrected chi connectivity index (χ4v) is 2.05. The molecule has 1 heterocycles. The number of thiophene rings is 1. The fourth-order valence-electron chi connectivity index (χ4n) is 1.32. The van der Waals surface area contributed by atoms with E-state index in [9.17, 15) is 4.79 Å². The molecule has 0 fully saturated rings. The van der Waals surface area contributed by atoms with E-state index in [1.807, 2.05) is 17.5 Å². The maximum absolute atomic E-state index is 11.7. The highest BCUT2D eigenvalue weighted by Gasteiger charge is 2.08. The monoisotopic (exact) mass is 286 g/mol. The van der Waals surface area contributed by atoms with Crippen LogP contribution >= 0.6 is 23.6 Å². The molecule has 6 heteroatoms. The minimum absolute atomic E-state index is 0.0532. The summed E-state index contributed by atoms with van der Waals surface area (Å²) in [5.74, 6) is 0.0532. The summed E-state index contributed by atoms with van der Waals surface area (Å²) in [6.07, 6.45) is 0.951. The van der Waals surface area contributed by atoms with Crippen LogP contribution in [0.2, 0.25) is 0 Å². The maximum atomic E-state index is 11.7. The molecular weight excluding hydrogens is 268 g/mol. The van der Waals surface area contributed by atoms with Gasteiger partial charge in [-0.2, -0.15) is 0 Å². The van der Waals surface area contributed by atoms with Crippen molar-refractivity contribution in [3.8, 4) is 0 Å². The van der Waals surface area contributed by atoms with Crippen LogP contribution in [0.5, 0.6) is 0 Å². The second-order valence-corrected chi connectivity index (χ2v) is 5.47. The average Bonchev–Trinajstić information content (AvgIpc) is 2.84. The summed E-state index contributed by atoms with van der Waals surface area (Å²) >= 11 is 6.42. The molecule has 18 heavy (non-hydrogen) atoms. The number of hydrogen-bond acceptors (Lipinski definition) is 4. The lowest BCUT2D eigenvalue weighted by molar-refractivity contribution is -0.131. The summed E-state index contributed by atoms with van der Waals surface area (Å²) in [5, 5.41) is 2.01. The molecule has 1 rings (SSSR count). The zero-order valence-electron chi connectivity index (χ0n) is 10.4. The highest BCUT2D eigenvalue weighted by Crippen LogP contribution is 2.09. The van der Waals surface area contributed by atoms with E-state index in [0.717, 1.165) is 0 Å². The van der Waals surface area contributed by atoms with Crippen LogP contribution in [0, 0.1) is 0 Å². The largest absolute Gasteiger partial charge is 0.393 e. The van der Waals surface area contributed by atoms with Gasteiger partial charge in [0.1, 0.15) is 0 Å². The lowest BCUT2D eigenvalue weighted by atomic mass is 10.3. The van der Waals surface area contributed by atoms with Crippen molar-refractivity contribution in [2.75, 3.05) is 20.2 Å². The number of thiocarbonyl (C=S) groups is 1. The smallest absolute Gasteiger partial charge is 0.224 e. The lowest BCUT2D eigenvalue weighted by Gasteiger charge is -2.16. The quantitative estimate of drug-likeness (QED) is 0.585. The van der Waals surface area contributed by atoms with Crippen LogP contribution < -0.4 is 5.73 Å². The molecule has 0 saturated heterocycles. The predicted molar refractivity (Wildman–Crippen MR) is 77.6 cm³/mol. The van der Waals surface area contributed by atoms with Crippen LogP contribution in [0.25, 0.3) is 0 Å². The van der Waals surface area contributed by atoms with E-state index in [1.165, 1.54) is 4.88 Å². The number of ether oxygens (including phenoxy) is 1. The van der Waals surface area contributed by atoms with Gasteiger partial charge in [0.15, 0.2) is 0 Å². The highest BCUT2D eigenvalue weighted by molar-refractivity contribution is 7.80. The Labute approximate surface area is 117 Å². The summed E-state index contributed by atoms with van der Waals surface area (Å²) in [5.41, 5.74) is 5.39. The molecule has 0 aliphatic rings. The number of rotatable bonds is 8. The molecule has 0 saturated carbocycles. The normalized spacial score (nSPS) is 10.3. The van der Waals surface area contributed by atoms with Gasteiger partial charge in [-0.05, 0) is 11.4 Å². The first-order chi connectivity index (χ1) is 8.59. The zero-order valence-corrected chi connectivity index (χ0v) is 12.1. The zero-order chi connectivity index (χ0) is 13.4. The van der Waals surface area contributed by atoms with E-state index < -0.39 is 0 Å². The lowest BCUT2D eigenvalue weighted by Crippen LogP contribution is -2.30. The van der Waals surface area contributed by atoms with Crippen molar-refractivity contribution in [1.82, 2.24) is 4.90 Å². The van der Waals surface area contributed by atoms with Gasteiger partial charge >= 0.3 is 0 Å². The molecule has 0 aromatic carbocycles. The predicted octanol–water partition coefficient (Wildman–Crippen LogP) is 1.79. The van der Waals surface area contributed by atoms with E-state index >= 15 is 0 Å². The SMILES string of the molecule is CN(CCC(N)=S)C(=O)CCOCc1cccs1. The van der Waals surface area contributed by atoms with Gasteiger partial charge in [-0.3, -0.25) is 4.79 Å². The molecule has 0 aliphatic carbocycles. The Kier molecular flexibility index (Phi) is 6.85. The summed E-state index contributed by atoms with van der Waals surface area (Å²) in [6.45, 7) is 1.58. The number of hydrogen-bond donors (Lipinski definition) is 1. The van der Waals surface area contributed by atoms with Crippen LogP contribution in [-0.2, 0) is 16.1 Å². The molecule has 0 radical (unpaired) electrons. The van der Waals surface area contributed by atoms with Crippen molar-refractivity contribution in [3.05, 3.63) is 22.4 Å². The third-order valence-electron chi connectivity index (χ3n) is 2.40. The molecule has 100 valence electrons. The second kappa shape index (κ2) is 8.18. The van der Waals surface area contributed by atoms with Gasteiger partial charge in [0, 0.05) is 24.9 Å². The third-order valence-corrected chi connectivity index (χ3v) is 3.46. The van der Waals surface area contributed by atoms with Crippen molar-refractivity contribution in [3.63, 3.8) is 0 Å². The van der Waals surface area contributed by atoms with Crippen molar-refractivity contribution in [2.24, 2.45) is 5.73 Å². The summed E-state index contributed by atoms with van der Waals surface area (Å²) in [7, 11) is 1.75. The van der Waals surface area contributed by atoms with E-state index in [1.54, 1.807) is 23.3 Å². The summed E-state index contributed by atoms with van der Waals surface area (Å²) < 4.78 is 5.44. The highest BCUT2D eigenvalue weighted by atomic mass is 32.1. The number of carbonyl (C=O) groups excluding carboxylic acids is 1. The Morgan fingerprint density at radius 2 is 2.33 bits per heavy atom. The van der Waals surface area contributed by atoms with Gasteiger partial charge in [0.2, 0.25) is 5.91 Å². The molecule has 1 aromatic rings. The Balaban J connectivity index is 2.10. The Morgan fingerprint density at radius 3 is 2.94 bits per heavy atom. The third kappa shape index (κ3) is 6.09. The Bertz CT molecular complexity index is 379. The van der Waals surface area contributed by atoms with Gasteiger partial charge in [-0.25, -0.2) is 0 Å². The molecule has 0 bridgehead atoms. The Hall–Kier alpha value is -0.980. The van der Waals surface area contributed by atoms with Crippen molar-refractivity contribution < 1.29 is 9.53 Å². The van der Waals surface area contributed by atoms with Crippen LogP contribution in [-0.4, -0.2) is 36.0 Å². The minimum atomic E-state index is 0.0532. The number of carbonyl (C=O) groups is 1. The fraction of sp³-hybridized carbons (Fsp3) is 0.500. The van der Waals surface area contributed by atoms with Crippen LogP contribution in [0.3, 0.4) is 0 Å². The minimum Gasteiger partial charge on any atom is -0.393 e. The molecule has 0 spiro atoms. The number of nitrogens with two attached hydrogens (primary N) is 1. The van der Waals surface area contributed by atoms with E-state index in [4.69, 9.17) is 22.7 Å². The van der Waals surface area contributed by atoms with Gasteiger partial charge in [0.25, 0.3) is 0 Å². The molecule has 0 atom stereocenters. The second-order valence-electron chi connectivity index (χ2n) is 3.91. The van der Waals surface area contributed by atoms with Gasteiger partial charge in [-0.15, -0.1) is 11.3 Å². The molecule has 0 unspecified atom stereocenters. The van der Waals surface area contributed by atoms with Gasteiger partial charge in [0.05, 0.1) is 24.6 Å². The average molecular weight is 286 g/mol. The standard InChI is InChI=1S/C12H18N2O2S2/c1-14(6-4-11(13)17)12(15)5-7-16-9-10-3-2-8-18-10/h2-3,8H,4-7,9H2,1H3,(H2,13,17). The van der Waals surface area contributed by atoms with Crippen molar-refractivity contribution >= 4 is 34.5 Å². The van der Waals surface area contributed by atoms with E-state index in [-0.39, 0.29) is 5.91 Å². The molecular formula is C12H18N2O2S2. The molecule has 2 N–H and O–H groups in total. The molecule has 1 aromatic heterocycles. The van der Waals surface area contributed by atoms with Crippen LogP contribution in [0.15, 0.2) is 17.5 Å². The first-order valence-electron chi connectivity index (χ1n) is 5.72. The number of amides is 1. The molecule has 0 aliphatic heterocycles. The topological polar surface area (TPSA) is 55.6 Å². The number of nitrogens with zero attached hydrogens (tertiary/aromatic N) is 1. The van der Waals surface area contributed by atoms with Crippen molar-refractivity contribution in [1.29, 1.82) is 0 Å².